The molecule has 1 fully saturated rings. The monoisotopic (exact) mass is 488 g/mol. The average Bonchev–Trinajstić information content (AvgIpc) is 3.17. The van der Waals surface area contributed by atoms with Crippen LogP contribution in [-0.2, 0) is 16.1 Å². The Morgan fingerprint density at radius 2 is 1.86 bits per heavy atom. The van der Waals surface area contributed by atoms with Crippen LogP contribution in [0.25, 0.3) is 5.76 Å². The van der Waals surface area contributed by atoms with E-state index in [4.69, 9.17) is 18.9 Å². The summed E-state index contributed by atoms with van der Waals surface area (Å²) in [6, 6.07) is 12.6. The van der Waals surface area contributed by atoms with Crippen molar-refractivity contribution in [2.75, 3.05) is 27.4 Å². The van der Waals surface area contributed by atoms with Crippen LogP contribution in [0.2, 0.25) is 0 Å². The van der Waals surface area contributed by atoms with Crippen LogP contribution >= 0.6 is 0 Å². The number of ether oxygens (including phenoxy) is 4. The number of rotatable bonds is 6. The van der Waals surface area contributed by atoms with Crippen LogP contribution in [0.4, 0.5) is 0 Å². The highest BCUT2D eigenvalue weighted by atomic mass is 16.6. The fourth-order valence-electron chi connectivity index (χ4n) is 4.45. The molecule has 0 aliphatic carbocycles. The Balaban J connectivity index is 1.69. The molecule has 2 aromatic carbocycles. The van der Waals surface area contributed by atoms with Crippen LogP contribution in [0.5, 0.6) is 23.0 Å². The molecule has 3 aromatic rings. The number of benzene rings is 2. The summed E-state index contributed by atoms with van der Waals surface area (Å²) < 4.78 is 22.2. The highest BCUT2D eigenvalue weighted by molar-refractivity contribution is 6.46. The largest absolute Gasteiger partial charge is 0.507 e. The highest BCUT2D eigenvalue weighted by Crippen LogP contribution is 2.45. The SMILES string of the molecule is COc1ccc(OC)c(C2C(=C(O)c3ccc4c(c3)OCCO4)C(=O)C(=O)N2Cc2cccnc2)c1. The molecule has 9 nitrogen and oxygen atoms in total. The molecule has 1 amide bonds. The number of fused-ring (bicyclic) bond motifs is 1. The van der Waals surface area contributed by atoms with Crippen molar-refractivity contribution in [2.24, 2.45) is 0 Å². The number of methoxy groups -OCH3 is 2. The van der Waals surface area contributed by atoms with E-state index in [1.807, 2.05) is 6.07 Å². The molecule has 5 rings (SSSR count). The van der Waals surface area contributed by atoms with E-state index in [2.05, 4.69) is 4.98 Å². The lowest BCUT2D eigenvalue weighted by atomic mass is 9.94. The van der Waals surface area contributed by atoms with E-state index in [-0.39, 0.29) is 17.9 Å². The molecule has 1 N–H and O–H groups in total. The summed E-state index contributed by atoms with van der Waals surface area (Å²) in [6.07, 6.45) is 3.25. The van der Waals surface area contributed by atoms with Gasteiger partial charge in [0.05, 0.1) is 25.8 Å². The Morgan fingerprint density at radius 1 is 1.06 bits per heavy atom. The number of aliphatic hydroxyl groups is 1. The van der Waals surface area contributed by atoms with Crippen molar-refractivity contribution in [2.45, 2.75) is 12.6 Å². The molecule has 1 aromatic heterocycles. The first kappa shape index (κ1) is 23.2. The summed E-state index contributed by atoms with van der Waals surface area (Å²) in [4.78, 5) is 32.2. The molecule has 0 saturated carbocycles. The molecule has 0 spiro atoms. The number of ketones is 1. The average molecular weight is 488 g/mol. The number of nitrogens with zero attached hydrogens (tertiary/aromatic N) is 2. The summed E-state index contributed by atoms with van der Waals surface area (Å²) in [7, 11) is 3.02. The Labute approximate surface area is 207 Å². The minimum Gasteiger partial charge on any atom is -0.507 e. The van der Waals surface area contributed by atoms with Crippen LogP contribution in [-0.4, -0.2) is 54.1 Å². The van der Waals surface area contributed by atoms with Crippen molar-refractivity contribution in [1.29, 1.82) is 0 Å². The van der Waals surface area contributed by atoms with Gasteiger partial charge in [0, 0.05) is 30.1 Å². The smallest absolute Gasteiger partial charge is 0.295 e. The Morgan fingerprint density at radius 3 is 2.58 bits per heavy atom. The quantitative estimate of drug-likeness (QED) is 0.319. The number of pyridine rings is 1. The van der Waals surface area contributed by atoms with Crippen LogP contribution in [0.3, 0.4) is 0 Å². The second-order valence-electron chi connectivity index (χ2n) is 8.25. The molecule has 1 atom stereocenters. The summed E-state index contributed by atoms with van der Waals surface area (Å²) in [5.41, 5.74) is 1.49. The minimum atomic E-state index is -0.941. The second-order valence-corrected chi connectivity index (χ2v) is 8.25. The lowest BCUT2D eigenvalue weighted by molar-refractivity contribution is -0.140. The molecular weight excluding hydrogens is 464 g/mol. The number of carbonyl (C=O) groups is 2. The maximum Gasteiger partial charge on any atom is 0.295 e. The van der Waals surface area contributed by atoms with Gasteiger partial charge in [0.1, 0.15) is 30.5 Å². The number of hydrogen-bond donors (Lipinski definition) is 1. The molecular formula is C27H24N2O7. The summed E-state index contributed by atoms with van der Waals surface area (Å²) in [5.74, 6) is 0.0677. The third-order valence-electron chi connectivity index (χ3n) is 6.16. The van der Waals surface area contributed by atoms with E-state index in [0.29, 0.717) is 47.3 Å². The molecule has 2 aliphatic heterocycles. The van der Waals surface area contributed by atoms with Gasteiger partial charge in [-0.25, -0.2) is 0 Å². The normalized spacial score (nSPS) is 18.3. The van der Waals surface area contributed by atoms with Gasteiger partial charge in [0.15, 0.2) is 11.5 Å². The lowest BCUT2D eigenvalue weighted by Gasteiger charge is -2.27. The van der Waals surface area contributed by atoms with Crippen molar-refractivity contribution in [3.63, 3.8) is 0 Å². The van der Waals surface area contributed by atoms with Gasteiger partial charge in [-0.05, 0) is 48.0 Å². The van der Waals surface area contributed by atoms with Gasteiger partial charge in [-0.3, -0.25) is 14.6 Å². The van der Waals surface area contributed by atoms with Gasteiger partial charge < -0.3 is 29.0 Å². The van der Waals surface area contributed by atoms with Crippen molar-refractivity contribution in [3.05, 3.63) is 83.2 Å². The third-order valence-corrected chi connectivity index (χ3v) is 6.16. The summed E-state index contributed by atoms with van der Waals surface area (Å²) in [6.45, 7) is 0.891. The first-order chi connectivity index (χ1) is 17.5. The lowest BCUT2D eigenvalue weighted by Crippen LogP contribution is -2.29. The first-order valence-electron chi connectivity index (χ1n) is 11.3. The fourth-order valence-corrected chi connectivity index (χ4v) is 4.45. The number of aromatic nitrogens is 1. The number of amides is 1. The molecule has 3 heterocycles. The van der Waals surface area contributed by atoms with Crippen LogP contribution in [0.1, 0.15) is 22.7 Å². The second kappa shape index (κ2) is 9.61. The highest BCUT2D eigenvalue weighted by Gasteiger charge is 2.47. The van der Waals surface area contributed by atoms with Crippen molar-refractivity contribution >= 4 is 17.4 Å². The van der Waals surface area contributed by atoms with E-state index >= 15 is 0 Å². The number of hydrogen-bond acceptors (Lipinski definition) is 8. The Bertz CT molecular complexity index is 1350. The fraction of sp³-hybridized carbons (Fsp3) is 0.222. The summed E-state index contributed by atoms with van der Waals surface area (Å²) in [5, 5.41) is 11.4. The molecule has 1 unspecified atom stereocenters. The van der Waals surface area contributed by atoms with Crippen molar-refractivity contribution in [3.8, 4) is 23.0 Å². The first-order valence-corrected chi connectivity index (χ1v) is 11.3. The van der Waals surface area contributed by atoms with Gasteiger partial charge in [0.25, 0.3) is 11.7 Å². The number of likely N-dealkylation sites (tertiary alicyclic amines) is 1. The number of carbonyl (C=O) groups excluding carboxylic acids is 2. The number of Topliss-reactive ketones (excluding diaryl/α,β-unsaturated/α-hetero) is 1. The van der Waals surface area contributed by atoms with Crippen molar-refractivity contribution < 1.29 is 33.6 Å². The zero-order chi connectivity index (χ0) is 25.2. The van der Waals surface area contributed by atoms with Gasteiger partial charge in [-0.15, -0.1) is 0 Å². The maximum atomic E-state index is 13.4. The number of aliphatic hydroxyl groups excluding tert-OH is 1. The third kappa shape index (κ3) is 4.08. The predicted octanol–water partition coefficient (Wildman–Crippen LogP) is 3.49. The van der Waals surface area contributed by atoms with E-state index in [9.17, 15) is 14.7 Å². The maximum absolute atomic E-state index is 13.4. The van der Waals surface area contributed by atoms with E-state index in [0.717, 1.165) is 5.56 Å². The molecule has 2 aliphatic rings. The van der Waals surface area contributed by atoms with E-state index in [1.54, 1.807) is 54.9 Å². The molecule has 36 heavy (non-hydrogen) atoms. The van der Waals surface area contributed by atoms with Gasteiger partial charge >= 0.3 is 0 Å². The minimum absolute atomic E-state index is 0.0629. The predicted molar refractivity (Wildman–Crippen MR) is 129 cm³/mol. The van der Waals surface area contributed by atoms with Crippen molar-refractivity contribution in [1.82, 2.24) is 9.88 Å². The standard InChI is InChI=1S/C27H24N2O7/c1-33-18-6-8-20(34-2)19(13-18)24-23(25(30)17-5-7-21-22(12-17)36-11-10-35-21)26(31)27(32)29(24)15-16-4-3-9-28-14-16/h3-9,12-14,24,30H,10-11,15H2,1-2H3. The molecule has 0 radical (unpaired) electrons. The van der Waals surface area contributed by atoms with E-state index in [1.165, 1.54) is 19.1 Å². The molecule has 184 valence electrons. The van der Waals surface area contributed by atoms with Gasteiger partial charge in [0.2, 0.25) is 0 Å². The zero-order valence-corrected chi connectivity index (χ0v) is 19.8. The Hall–Kier alpha value is -4.53. The van der Waals surface area contributed by atoms with Crippen LogP contribution in [0.15, 0.2) is 66.5 Å². The van der Waals surface area contributed by atoms with Gasteiger partial charge in [-0.1, -0.05) is 6.07 Å². The Kier molecular flexibility index (Phi) is 6.20. The van der Waals surface area contributed by atoms with Crippen LogP contribution in [0, 0.1) is 0 Å². The van der Waals surface area contributed by atoms with Gasteiger partial charge in [-0.2, -0.15) is 0 Å². The molecule has 0 bridgehead atoms. The molecule has 9 heteroatoms. The van der Waals surface area contributed by atoms with E-state index < -0.39 is 17.7 Å². The summed E-state index contributed by atoms with van der Waals surface area (Å²) >= 11 is 0. The zero-order valence-electron chi connectivity index (χ0n) is 19.8. The van der Waals surface area contributed by atoms with Crippen LogP contribution < -0.4 is 18.9 Å². The topological polar surface area (TPSA) is 107 Å². The molecule has 1 saturated heterocycles.